The van der Waals surface area contributed by atoms with Crippen molar-refractivity contribution in [2.45, 2.75) is 23.7 Å². The van der Waals surface area contributed by atoms with Crippen molar-refractivity contribution < 1.29 is 4.79 Å². The van der Waals surface area contributed by atoms with Crippen molar-refractivity contribution in [2.24, 2.45) is 0 Å². The van der Waals surface area contributed by atoms with Crippen LogP contribution in [0.2, 0.25) is 0 Å². The summed E-state index contributed by atoms with van der Waals surface area (Å²) < 4.78 is 0. The van der Waals surface area contributed by atoms with Crippen molar-refractivity contribution in [3.05, 3.63) is 54.1 Å². The van der Waals surface area contributed by atoms with Gasteiger partial charge in [-0.1, -0.05) is 36.4 Å². The third-order valence-corrected chi connectivity index (χ3v) is 4.04. The predicted molar refractivity (Wildman–Crippen MR) is 73.5 cm³/mol. The Kier molecular flexibility index (Phi) is 3.53. The Morgan fingerprint density at radius 3 is 2.41 bits per heavy atom. The Morgan fingerprint density at radius 1 is 1.24 bits per heavy atom. The lowest BCUT2D eigenvalue weighted by molar-refractivity contribution is -0.120. The first-order valence-corrected chi connectivity index (χ1v) is 6.91. The van der Waals surface area contributed by atoms with Gasteiger partial charge in [0.15, 0.2) is 0 Å². The van der Waals surface area contributed by atoms with Crippen LogP contribution in [0.4, 0.5) is 0 Å². The Labute approximate surface area is 107 Å². The molecule has 0 bridgehead atoms. The van der Waals surface area contributed by atoms with E-state index in [2.05, 4.69) is 36.6 Å². The van der Waals surface area contributed by atoms with E-state index in [1.807, 2.05) is 18.2 Å². The standard InChI is InChI=1S/C15H16OS/c1-12(16)15(10-4-3-5-11-15)13-6-8-14(17-2)9-7-13/h3-10H,11H2,1-2H3. The molecular formula is C15H16OS. The van der Waals surface area contributed by atoms with Crippen LogP contribution in [0.15, 0.2) is 53.5 Å². The summed E-state index contributed by atoms with van der Waals surface area (Å²) in [5.41, 5.74) is 0.634. The Bertz CT molecular complexity index is 470. The van der Waals surface area contributed by atoms with Crippen LogP contribution in [0.25, 0.3) is 0 Å². The van der Waals surface area contributed by atoms with Crippen LogP contribution in [0.5, 0.6) is 0 Å². The maximum absolute atomic E-state index is 12.0. The number of benzene rings is 1. The first kappa shape index (κ1) is 12.2. The summed E-state index contributed by atoms with van der Waals surface area (Å²) in [5.74, 6) is 0.204. The van der Waals surface area contributed by atoms with Gasteiger partial charge < -0.3 is 0 Å². The van der Waals surface area contributed by atoms with Gasteiger partial charge in [-0.3, -0.25) is 4.79 Å². The fraction of sp³-hybridized carbons (Fsp3) is 0.267. The molecule has 1 nitrogen and oxygen atoms in total. The molecule has 1 aromatic carbocycles. The lowest BCUT2D eigenvalue weighted by Crippen LogP contribution is -2.32. The predicted octanol–water partition coefficient (Wildman–Crippen LogP) is 3.75. The van der Waals surface area contributed by atoms with Gasteiger partial charge in [0.2, 0.25) is 0 Å². The molecule has 1 aliphatic carbocycles. The molecule has 1 aliphatic rings. The van der Waals surface area contributed by atoms with Crippen molar-refractivity contribution in [3.63, 3.8) is 0 Å². The van der Waals surface area contributed by atoms with Crippen LogP contribution in [-0.4, -0.2) is 12.0 Å². The van der Waals surface area contributed by atoms with Gasteiger partial charge in [-0.25, -0.2) is 0 Å². The number of allylic oxidation sites excluding steroid dienone is 4. The van der Waals surface area contributed by atoms with Crippen molar-refractivity contribution >= 4 is 17.5 Å². The molecule has 2 heteroatoms. The molecule has 0 fully saturated rings. The van der Waals surface area contributed by atoms with Gasteiger partial charge in [-0.2, -0.15) is 0 Å². The third kappa shape index (κ3) is 2.22. The molecule has 0 saturated carbocycles. The monoisotopic (exact) mass is 244 g/mol. The first-order chi connectivity index (χ1) is 8.19. The zero-order chi connectivity index (χ0) is 12.3. The molecule has 17 heavy (non-hydrogen) atoms. The molecule has 0 aromatic heterocycles. The number of Topliss-reactive ketones (excluding diaryl/α,β-unsaturated/α-hetero) is 1. The number of rotatable bonds is 3. The highest BCUT2D eigenvalue weighted by molar-refractivity contribution is 7.98. The average molecular weight is 244 g/mol. The van der Waals surface area contributed by atoms with E-state index in [1.165, 1.54) is 4.90 Å². The van der Waals surface area contributed by atoms with Crippen molar-refractivity contribution in [1.82, 2.24) is 0 Å². The van der Waals surface area contributed by atoms with Crippen LogP contribution < -0.4 is 0 Å². The highest BCUT2D eigenvalue weighted by Gasteiger charge is 2.34. The van der Waals surface area contributed by atoms with Crippen LogP contribution in [-0.2, 0) is 10.2 Å². The molecule has 88 valence electrons. The highest BCUT2D eigenvalue weighted by atomic mass is 32.2. The lowest BCUT2D eigenvalue weighted by atomic mass is 9.73. The average Bonchev–Trinajstić information content (AvgIpc) is 2.39. The van der Waals surface area contributed by atoms with Crippen LogP contribution >= 0.6 is 11.8 Å². The maximum atomic E-state index is 12.0. The molecule has 0 radical (unpaired) electrons. The summed E-state index contributed by atoms with van der Waals surface area (Å²) in [4.78, 5) is 13.2. The molecule has 0 aliphatic heterocycles. The number of hydrogen-bond donors (Lipinski definition) is 0. The SMILES string of the molecule is CSc1ccc(C2(C(C)=O)C=CC=CC2)cc1. The largest absolute Gasteiger partial charge is 0.299 e. The minimum Gasteiger partial charge on any atom is -0.299 e. The summed E-state index contributed by atoms with van der Waals surface area (Å²) >= 11 is 1.71. The molecule has 0 heterocycles. The smallest absolute Gasteiger partial charge is 0.144 e. The number of carbonyl (C=O) groups is 1. The Balaban J connectivity index is 2.43. The number of ketones is 1. The number of hydrogen-bond acceptors (Lipinski definition) is 2. The molecule has 0 amide bonds. The quantitative estimate of drug-likeness (QED) is 0.753. The van der Waals surface area contributed by atoms with E-state index in [4.69, 9.17) is 0 Å². The third-order valence-electron chi connectivity index (χ3n) is 3.30. The maximum Gasteiger partial charge on any atom is 0.144 e. The topological polar surface area (TPSA) is 17.1 Å². The molecular weight excluding hydrogens is 228 g/mol. The summed E-state index contributed by atoms with van der Waals surface area (Å²) in [7, 11) is 0. The second-order valence-corrected chi connectivity index (χ2v) is 5.13. The zero-order valence-electron chi connectivity index (χ0n) is 10.1. The summed E-state index contributed by atoms with van der Waals surface area (Å²) in [6.45, 7) is 1.67. The number of thioether (sulfide) groups is 1. The summed E-state index contributed by atoms with van der Waals surface area (Å²) in [6, 6.07) is 8.29. The van der Waals surface area contributed by atoms with Crippen molar-refractivity contribution in [3.8, 4) is 0 Å². The van der Waals surface area contributed by atoms with Gasteiger partial charge in [-0.15, -0.1) is 11.8 Å². The molecule has 1 unspecified atom stereocenters. The molecule has 1 atom stereocenters. The van der Waals surface area contributed by atoms with E-state index in [0.717, 1.165) is 12.0 Å². The summed E-state index contributed by atoms with van der Waals surface area (Å²) in [5, 5.41) is 0. The van der Waals surface area contributed by atoms with Crippen LogP contribution in [0.3, 0.4) is 0 Å². The van der Waals surface area contributed by atoms with Crippen molar-refractivity contribution in [1.29, 1.82) is 0 Å². The summed E-state index contributed by atoms with van der Waals surface area (Å²) in [6.07, 6.45) is 10.9. The van der Waals surface area contributed by atoms with Gasteiger partial charge >= 0.3 is 0 Å². The first-order valence-electron chi connectivity index (χ1n) is 5.69. The fourth-order valence-corrected chi connectivity index (χ4v) is 2.60. The second-order valence-electron chi connectivity index (χ2n) is 4.25. The lowest BCUT2D eigenvalue weighted by Gasteiger charge is -2.29. The molecule has 0 saturated heterocycles. The Hall–Kier alpha value is -1.28. The van der Waals surface area contributed by atoms with E-state index in [0.29, 0.717) is 0 Å². The second kappa shape index (κ2) is 4.92. The van der Waals surface area contributed by atoms with E-state index in [9.17, 15) is 4.79 Å². The van der Waals surface area contributed by atoms with E-state index < -0.39 is 5.41 Å². The number of carbonyl (C=O) groups excluding carboxylic acids is 1. The van der Waals surface area contributed by atoms with Gasteiger partial charge in [0.1, 0.15) is 5.78 Å². The van der Waals surface area contributed by atoms with Crippen LogP contribution in [0, 0.1) is 0 Å². The zero-order valence-corrected chi connectivity index (χ0v) is 11.0. The minimum atomic E-state index is -0.453. The van der Waals surface area contributed by atoms with E-state index in [1.54, 1.807) is 18.7 Å². The molecule has 1 aromatic rings. The minimum absolute atomic E-state index is 0.204. The van der Waals surface area contributed by atoms with Crippen LogP contribution in [0.1, 0.15) is 18.9 Å². The molecule has 2 rings (SSSR count). The normalized spacial score (nSPS) is 22.7. The molecule has 0 N–H and O–H groups in total. The van der Waals surface area contributed by atoms with Crippen molar-refractivity contribution in [2.75, 3.05) is 6.26 Å². The van der Waals surface area contributed by atoms with E-state index >= 15 is 0 Å². The van der Waals surface area contributed by atoms with Gasteiger partial charge in [0, 0.05) is 4.90 Å². The molecule has 0 spiro atoms. The van der Waals surface area contributed by atoms with Gasteiger partial charge in [-0.05, 0) is 37.3 Å². The van der Waals surface area contributed by atoms with Gasteiger partial charge in [0.25, 0.3) is 0 Å². The van der Waals surface area contributed by atoms with Gasteiger partial charge in [0.05, 0.1) is 5.41 Å². The highest BCUT2D eigenvalue weighted by Crippen LogP contribution is 2.34. The van der Waals surface area contributed by atoms with E-state index in [-0.39, 0.29) is 5.78 Å². The fourth-order valence-electron chi connectivity index (χ4n) is 2.19. The Morgan fingerprint density at radius 2 is 1.94 bits per heavy atom.